The fraction of sp³-hybridized carbons (Fsp3) is 0.222. The normalized spacial score (nSPS) is 11.6. The third kappa shape index (κ3) is 3.05. The van der Waals surface area contributed by atoms with Gasteiger partial charge in [-0.05, 0) is 17.3 Å². The van der Waals surface area contributed by atoms with Crippen LogP contribution in [-0.4, -0.2) is 28.6 Å². The lowest BCUT2D eigenvalue weighted by molar-refractivity contribution is 0.264. The van der Waals surface area contributed by atoms with E-state index >= 15 is 0 Å². The Labute approximate surface area is 112 Å². The first kappa shape index (κ1) is 14.3. The van der Waals surface area contributed by atoms with E-state index in [1.807, 2.05) is 0 Å². The van der Waals surface area contributed by atoms with Crippen molar-refractivity contribution in [2.75, 3.05) is 0 Å². The zero-order valence-electron chi connectivity index (χ0n) is 10.1. The molecule has 0 atom stereocenters. The molecule has 11 heteroatoms. The van der Waals surface area contributed by atoms with Crippen molar-refractivity contribution in [2.24, 2.45) is 12.2 Å². The van der Waals surface area contributed by atoms with Gasteiger partial charge < -0.3 is 4.74 Å². The van der Waals surface area contributed by atoms with E-state index in [9.17, 15) is 17.2 Å². The molecular formula is C9H9F2N5O3S. The Hall–Kier alpha value is -2.14. The summed E-state index contributed by atoms with van der Waals surface area (Å²) in [4.78, 5) is 0.465. The molecule has 0 aliphatic heterocycles. The topological polar surface area (TPSA) is 113 Å². The summed E-state index contributed by atoms with van der Waals surface area (Å²) in [6, 6.07) is 1.13. The van der Waals surface area contributed by atoms with E-state index in [1.54, 1.807) is 0 Å². The van der Waals surface area contributed by atoms with E-state index in [-0.39, 0.29) is 12.4 Å². The van der Waals surface area contributed by atoms with Gasteiger partial charge in [-0.2, -0.15) is 4.80 Å². The highest BCUT2D eigenvalue weighted by molar-refractivity contribution is 7.89. The molecule has 2 aromatic rings. The number of benzene rings is 1. The minimum absolute atomic E-state index is 0.113. The average molecular weight is 305 g/mol. The van der Waals surface area contributed by atoms with Crippen LogP contribution in [0.1, 0.15) is 5.82 Å². The smallest absolute Gasteiger partial charge is 0.238 e. The average Bonchev–Trinajstić information content (AvgIpc) is 2.72. The second kappa shape index (κ2) is 5.09. The van der Waals surface area contributed by atoms with Crippen molar-refractivity contribution < 1.29 is 21.9 Å². The molecule has 20 heavy (non-hydrogen) atoms. The van der Waals surface area contributed by atoms with Crippen molar-refractivity contribution in [2.45, 2.75) is 11.5 Å². The zero-order valence-corrected chi connectivity index (χ0v) is 10.9. The highest BCUT2D eigenvalue weighted by Crippen LogP contribution is 2.25. The van der Waals surface area contributed by atoms with Gasteiger partial charge in [-0.1, -0.05) is 0 Å². The van der Waals surface area contributed by atoms with E-state index < -0.39 is 32.3 Å². The molecule has 0 fully saturated rings. The summed E-state index contributed by atoms with van der Waals surface area (Å²) >= 11 is 0. The number of halogens is 2. The molecule has 0 amide bonds. The molecule has 0 unspecified atom stereocenters. The van der Waals surface area contributed by atoms with Gasteiger partial charge in [0.15, 0.2) is 24.0 Å². The summed E-state index contributed by atoms with van der Waals surface area (Å²) in [7, 11) is -2.69. The maximum Gasteiger partial charge on any atom is 0.238 e. The van der Waals surface area contributed by atoms with Crippen LogP contribution in [0.4, 0.5) is 8.78 Å². The number of nitrogens with two attached hydrogens (primary N) is 1. The number of rotatable bonds is 4. The van der Waals surface area contributed by atoms with E-state index in [1.165, 1.54) is 7.05 Å². The molecule has 0 bridgehead atoms. The lowest BCUT2D eigenvalue weighted by Crippen LogP contribution is -2.13. The number of hydrogen-bond acceptors (Lipinski definition) is 6. The second-order valence-electron chi connectivity index (χ2n) is 3.74. The Kier molecular flexibility index (Phi) is 3.63. The Morgan fingerprint density at radius 3 is 2.40 bits per heavy atom. The highest BCUT2D eigenvalue weighted by Gasteiger charge is 2.18. The van der Waals surface area contributed by atoms with Gasteiger partial charge in [0.2, 0.25) is 15.8 Å². The number of aromatic nitrogens is 4. The van der Waals surface area contributed by atoms with Crippen LogP contribution < -0.4 is 9.88 Å². The van der Waals surface area contributed by atoms with Crippen LogP contribution in [0.25, 0.3) is 0 Å². The lowest BCUT2D eigenvalue weighted by atomic mass is 10.3. The fourth-order valence-electron chi connectivity index (χ4n) is 1.36. The molecule has 2 rings (SSSR count). The van der Waals surface area contributed by atoms with Gasteiger partial charge in [0.05, 0.1) is 11.9 Å². The molecule has 0 saturated carbocycles. The molecular weight excluding hydrogens is 296 g/mol. The van der Waals surface area contributed by atoms with Gasteiger partial charge in [0, 0.05) is 0 Å². The van der Waals surface area contributed by atoms with Crippen LogP contribution in [0, 0.1) is 11.6 Å². The lowest BCUT2D eigenvalue weighted by Gasteiger charge is -2.07. The molecule has 1 aromatic heterocycles. The van der Waals surface area contributed by atoms with Crippen molar-refractivity contribution in [1.29, 1.82) is 0 Å². The van der Waals surface area contributed by atoms with Crippen LogP contribution >= 0.6 is 0 Å². The maximum absolute atomic E-state index is 13.6. The maximum atomic E-state index is 13.6. The number of sulfonamides is 1. The third-order valence-electron chi connectivity index (χ3n) is 2.20. The van der Waals surface area contributed by atoms with Crippen molar-refractivity contribution >= 4 is 10.0 Å². The van der Waals surface area contributed by atoms with E-state index in [0.29, 0.717) is 12.1 Å². The predicted molar refractivity (Wildman–Crippen MR) is 60.9 cm³/mol. The molecule has 2 N–H and O–H groups in total. The number of primary sulfonamides is 1. The van der Waals surface area contributed by atoms with Crippen molar-refractivity contribution in [3.63, 3.8) is 0 Å². The van der Waals surface area contributed by atoms with Crippen molar-refractivity contribution in [3.8, 4) is 5.75 Å². The summed E-state index contributed by atoms with van der Waals surface area (Å²) in [5, 5.41) is 15.6. The molecule has 0 aliphatic rings. The summed E-state index contributed by atoms with van der Waals surface area (Å²) < 4.78 is 54.1. The molecule has 108 valence electrons. The first-order chi connectivity index (χ1) is 9.27. The number of ether oxygens (including phenoxy) is 1. The molecule has 0 spiro atoms. The van der Waals surface area contributed by atoms with Crippen molar-refractivity contribution in [1.82, 2.24) is 20.2 Å². The van der Waals surface area contributed by atoms with E-state index in [0.717, 1.165) is 4.80 Å². The molecule has 0 aliphatic carbocycles. The number of nitrogens with zero attached hydrogens (tertiary/aromatic N) is 4. The molecule has 1 heterocycles. The number of tetrazole rings is 1. The number of aryl methyl sites for hydroxylation is 1. The van der Waals surface area contributed by atoms with Crippen molar-refractivity contribution in [3.05, 3.63) is 29.6 Å². The predicted octanol–water partition coefficient (Wildman–Crippen LogP) is -0.285. The Bertz CT molecular complexity index is 723. The van der Waals surface area contributed by atoms with Gasteiger partial charge in [-0.25, -0.2) is 22.3 Å². The Morgan fingerprint density at radius 2 is 1.95 bits per heavy atom. The first-order valence-corrected chi connectivity index (χ1v) is 6.69. The van der Waals surface area contributed by atoms with Gasteiger partial charge in [0.25, 0.3) is 0 Å². The summed E-state index contributed by atoms with van der Waals surface area (Å²) in [6.45, 7) is -0.323. The quantitative estimate of drug-likeness (QED) is 0.830. The third-order valence-corrected chi connectivity index (χ3v) is 3.09. The van der Waals surface area contributed by atoms with Gasteiger partial charge in [0.1, 0.15) is 0 Å². The molecule has 8 nitrogen and oxygen atoms in total. The summed E-state index contributed by atoms with van der Waals surface area (Å²) in [5.41, 5.74) is 0. The molecule has 0 saturated heterocycles. The Balaban J connectivity index is 2.25. The monoisotopic (exact) mass is 305 g/mol. The highest BCUT2D eigenvalue weighted by atomic mass is 32.2. The van der Waals surface area contributed by atoms with Crippen LogP contribution in [0.15, 0.2) is 17.0 Å². The zero-order chi connectivity index (χ0) is 14.9. The largest absolute Gasteiger partial charge is 0.479 e. The Morgan fingerprint density at radius 1 is 1.35 bits per heavy atom. The van der Waals surface area contributed by atoms with Crippen LogP contribution in [-0.2, 0) is 23.7 Å². The first-order valence-electron chi connectivity index (χ1n) is 5.15. The van der Waals surface area contributed by atoms with Crippen LogP contribution in [0.3, 0.4) is 0 Å². The van der Waals surface area contributed by atoms with E-state index in [2.05, 4.69) is 15.4 Å². The molecule has 0 radical (unpaired) electrons. The fourth-order valence-corrected chi connectivity index (χ4v) is 1.89. The standard InChI is InChI=1S/C9H9F2N5O3S/c1-16-14-8(13-15-16)4-19-9-6(10)2-5(3-7(9)11)20(12,17)18/h2-3H,4H2,1H3,(H2,12,17,18). The second-order valence-corrected chi connectivity index (χ2v) is 5.31. The summed E-state index contributed by atoms with van der Waals surface area (Å²) in [5.74, 6) is -3.03. The summed E-state index contributed by atoms with van der Waals surface area (Å²) in [6.07, 6.45) is 0. The number of hydrogen-bond donors (Lipinski definition) is 1. The van der Waals surface area contributed by atoms with E-state index in [4.69, 9.17) is 9.88 Å². The van der Waals surface area contributed by atoms with Crippen LogP contribution in [0.5, 0.6) is 5.75 Å². The molecule has 1 aromatic carbocycles. The van der Waals surface area contributed by atoms with Crippen LogP contribution in [0.2, 0.25) is 0 Å². The van der Waals surface area contributed by atoms with Gasteiger partial charge in [-0.15, -0.1) is 10.2 Å². The van der Waals surface area contributed by atoms with Gasteiger partial charge >= 0.3 is 0 Å². The minimum Gasteiger partial charge on any atom is -0.479 e. The minimum atomic E-state index is -4.20. The van der Waals surface area contributed by atoms with Gasteiger partial charge in [-0.3, -0.25) is 0 Å². The SMILES string of the molecule is Cn1nnc(COc2c(F)cc(S(N)(=O)=O)cc2F)n1.